The molecule has 7 heteroatoms. The SMILES string of the molecule is Cc1onc(-c2ccccc2Cl)c1-c1nc(-c2ccccn2)no1. The molecule has 0 N–H and O–H groups in total. The highest BCUT2D eigenvalue weighted by Gasteiger charge is 2.23. The fourth-order valence-electron chi connectivity index (χ4n) is 2.39. The third-order valence-corrected chi connectivity index (χ3v) is 3.86. The number of halogens is 1. The van der Waals surface area contributed by atoms with Gasteiger partial charge in [0.15, 0.2) is 0 Å². The summed E-state index contributed by atoms with van der Waals surface area (Å²) < 4.78 is 10.7. The highest BCUT2D eigenvalue weighted by atomic mass is 35.5. The maximum absolute atomic E-state index is 6.27. The highest BCUT2D eigenvalue weighted by Crippen LogP contribution is 2.37. The predicted molar refractivity (Wildman–Crippen MR) is 88.2 cm³/mol. The summed E-state index contributed by atoms with van der Waals surface area (Å²) >= 11 is 6.27. The molecule has 0 aliphatic heterocycles. The number of pyridine rings is 1. The van der Waals surface area contributed by atoms with Crippen LogP contribution in [0, 0.1) is 6.92 Å². The Kier molecular flexibility index (Phi) is 3.59. The first-order chi connectivity index (χ1) is 11.7. The second-order valence-electron chi connectivity index (χ2n) is 5.08. The van der Waals surface area contributed by atoms with Crippen LogP contribution in [0.5, 0.6) is 0 Å². The Labute approximate surface area is 142 Å². The minimum Gasteiger partial charge on any atom is -0.360 e. The van der Waals surface area contributed by atoms with E-state index < -0.39 is 0 Å². The fourth-order valence-corrected chi connectivity index (χ4v) is 2.61. The number of aromatic nitrogens is 4. The van der Waals surface area contributed by atoms with Crippen LogP contribution in [0.1, 0.15) is 5.76 Å². The number of rotatable bonds is 3. The van der Waals surface area contributed by atoms with Crippen molar-refractivity contribution in [2.45, 2.75) is 6.92 Å². The summed E-state index contributed by atoms with van der Waals surface area (Å²) in [6.07, 6.45) is 1.67. The highest BCUT2D eigenvalue weighted by molar-refractivity contribution is 6.33. The summed E-state index contributed by atoms with van der Waals surface area (Å²) in [5.74, 6) is 1.28. The second-order valence-corrected chi connectivity index (χ2v) is 5.49. The van der Waals surface area contributed by atoms with Crippen molar-refractivity contribution in [1.82, 2.24) is 20.3 Å². The smallest absolute Gasteiger partial charge is 0.264 e. The van der Waals surface area contributed by atoms with Crippen LogP contribution in [-0.4, -0.2) is 20.3 Å². The van der Waals surface area contributed by atoms with Crippen molar-refractivity contribution in [2.75, 3.05) is 0 Å². The normalized spacial score (nSPS) is 10.9. The minimum atomic E-state index is 0.310. The lowest BCUT2D eigenvalue weighted by Gasteiger charge is -2.00. The van der Waals surface area contributed by atoms with Crippen LogP contribution in [0.3, 0.4) is 0 Å². The third-order valence-electron chi connectivity index (χ3n) is 3.53. The van der Waals surface area contributed by atoms with Crippen molar-refractivity contribution < 1.29 is 9.05 Å². The van der Waals surface area contributed by atoms with E-state index in [1.807, 2.05) is 36.4 Å². The number of benzene rings is 1. The largest absolute Gasteiger partial charge is 0.360 e. The molecule has 0 amide bonds. The zero-order chi connectivity index (χ0) is 16.5. The first-order valence-electron chi connectivity index (χ1n) is 7.20. The molecule has 0 saturated heterocycles. The minimum absolute atomic E-state index is 0.310. The summed E-state index contributed by atoms with van der Waals surface area (Å²) in [5, 5.41) is 8.66. The molecule has 6 nitrogen and oxygen atoms in total. The third kappa shape index (κ3) is 2.47. The van der Waals surface area contributed by atoms with Gasteiger partial charge in [-0.05, 0) is 25.1 Å². The van der Waals surface area contributed by atoms with Gasteiger partial charge in [0.25, 0.3) is 5.89 Å². The lowest BCUT2D eigenvalue weighted by atomic mass is 10.1. The molecular formula is C17H11ClN4O2. The van der Waals surface area contributed by atoms with E-state index in [0.29, 0.717) is 39.4 Å². The molecule has 0 unspecified atom stereocenters. The molecule has 0 fully saturated rings. The molecule has 0 radical (unpaired) electrons. The Morgan fingerprint density at radius 3 is 2.58 bits per heavy atom. The van der Waals surface area contributed by atoms with Crippen molar-refractivity contribution in [3.8, 4) is 34.2 Å². The van der Waals surface area contributed by atoms with E-state index in [4.69, 9.17) is 20.6 Å². The average molecular weight is 339 g/mol. The van der Waals surface area contributed by atoms with E-state index >= 15 is 0 Å². The summed E-state index contributed by atoms with van der Waals surface area (Å²) in [6, 6.07) is 12.9. The maximum Gasteiger partial charge on any atom is 0.264 e. The number of aryl methyl sites for hydroxylation is 1. The molecule has 0 aliphatic rings. The molecule has 24 heavy (non-hydrogen) atoms. The molecule has 3 heterocycles. The van der Waals surface area contributed by atoms with E-state index in [-0.39, 0.29) is 0 Å². The Morgan fingerprint density at radius 1 is 0.958 bits per heavy atom. The number of hydrogen-bond donors (Lipinski definition) is 0. The van der Waals surface area contributed by atoms with E-state index in [2.05, 4.69) is 20.3 Å². The van der Waals surface area contributed by atoms with Crippen LogP contribution >= 0.6 is 11.6 Å². The van der Waals surface area contributed by atoms with Gasteiger partial charge in [0.1, 0.15) is 22.7 Å². The van der Waals surface area contributed by atoms with E-state index in [0.717, 1.165) is 5.56 Å². The summed E-state index contributed by atoms with van der Waals surface area (Å²) in [7, 11) is 0. The van der Waals surface area contributed by atoms with E-state index in [9.17, 15) is 0 Å². The van der Waals surface area contributed by atoms with Gasteiger partial charge in [-0.3, -0.25) is 4.98 Å². The molecule has 0 aliphatic carbocycles. The van der Waals surface area contributed by atoms with Crippen molar-refractivity contribution in [3.63, 3.8) is 0 Å². The molecule has 118 valence electrons. The Morgan fingerprint density at radius 2 is 1.79 bits per heavy atom. The molecule has 0 bridgehead atoms. The van der Waals surface area contributed by atoms with Crippen molar-refractivity contribution in [3.05, 3.63) is 59.4 Å². The molecule has 0 spiro atoms. The van der Waals surface area contributed by atoms with Gasteiger partial charge >= 0.3 is 0 Å². The van der Waals surface area contributed by atoms with Crippen LogP contribution in [0.4, 0.5) is 0 Å². The quantitative estimate of drug-likeness (QED) is 0.550. The van der Waals surface area contributed by atoms with Crippen molar-refractivity contribution in [2.24, 2.45) is 0 Å². The summed E-state index contributed by atoms with van der Waals surface area (Å²) in [6.45, 7) is 1.79. The van der Waals surface area contributed by atoms with Gasteiger partial charge in [0.05, 0.1) is 5.02 Å². The van der Waals surface area contributed by atoms with Gasteiger partial charge in [-0.1, -0.05) is 46.2 Å². The molecule has 0 atom stereocenters. The number of nitrogens with zero attached hydrogens (tertiary/aromatic N) is 4. The molecule has 3 aromatic heterocycles. The fraction of sp³-hybridized carbons (Fsp3) is 0.0588. The average Bonchev–Trinajstić information content (AvgIpc) is 3.23. The van der Waals surface area contributed by atoms with Gasteiger partial charge in [-0.25, -0.2) is 0 Å². The lowest BCUT2D eigenvalue weighted by molar-refractivity contribution is 0.397. The zero-order valence-corrected chi connectivity index (χ0v) is 13.4. The van der Waals surface area contributed by atoms with Crippen LogP contribution < -0.4 is 0 Å². The topological polar surface area (TPSA) is 77.8 Å². The molecule has 0 saturated carbocycles. The maximum atomic E-state index is 6.27. The summed E-state index contributed by atoms with van der Waals surface area (Å²) in [5.41, 5.74) is 2.55. The van der Waals surface area contributed by atoms with Crippen molar-refractivity contribution in [1.29, 1.82) is 0 Å². The standard InChI is InChI=1S/C17H11ClN4O2/c1-10-14(15(21-23-10)11-6-2-3-7-12(11)18)17-20-16(22-24-17)13-8-4-5-9-19-13/h2-9H,1H3. The monoisotopic (exact) mass is 338 g/mol. The second kappa shape index (κ2) is 5.90. The predicted octanol–water partition coefficient (Wildman–Crippen LogP) is 4.42. The van der Waals surface area contributed by atoms with Gasteiger partial charge in [-0.2, -0.15) is 4.98 Å². The molecule has 4 aromatic rings. The van der Waals surface area contributed by atoms with Gasteiger partial charge in [0, 0.05) is 11.8 Å². The summed E-state index contributed by atoms with van der Waals surface area (Å²) in [4.78, 5) is 8.63. The van der Waals surface area contributed by atoms with Gasteiger partial charge in [-0.15, -0.1) is 0 Å². The molecule has 1 aromatic carbocycles. The molecular weight excluding hydrogens is 328 g/mol. The van der Waals surface area contributed by atoms with E-state index in [1.54, 1.807) is 19.2 Å². The van der Waals surface area contributed by atoms with Crippen LogP contribution in [0.2, 0.25) is 5.02 Å². The van der Waals surface area contributed by atoms with Gasteiger partial charge < -0.3 is 9.05 Å². The first-order valence-corrected chi connectivity index (χ1v) is 7.58. The van der Waals surface area contributed by atoms with Crippen molar-refractivity contribution >= 4 is 11.6 Å². The Balaban J connectivity index is 1.83. The first kappa shape index (κ1) is 14.6. The van der Waals surface area contributed by atoms with E-state index in [1.165, 1.54) is 0 Å². The molecule has 4 rings (SSSR count). The van der Waals surface area contributed by atoms with Gasteiger partial charge in [0.2, 0.25) is 5.82 Å². The zero-order valence-electron chi connectivity index (χ0n) is 12.6. The van der Waals surface area contributed by atoms with Crippen LogP contribution in [0.25, 0.3) is 34.2 Å². The number of hydrogen-bond acceptors (Lipinski definition) is 6. The Hall–Kier alpha value is -2.99. The van der Waals surface area contributed by atoms with Crippen LogP contribution in [-0.2, 0) is 0 Å². The Bertz CT molecular complexity index is 995. The lowest BCUT2D eigenvalue weighted by Crippen LogP contribution is -1.87. The van der Waals surface area contributed by atoms with Crippen LogP contribution in [0.15, 0.2) is 57.7 Å².